The van der Waals surface area contributed by atoms with Crippen molar-refractivity contribution in [2.24, 2.45) is 0 Å². The lowest BCUT2D eigenvalue weighted by molar-refractivity contribution is -0.133. The maximum absolute atomic E-state index is 15.4. The van der Waals surface area contributed by atoms with Gasteiger partial charge in [-0.25, -0.2) is 17.8 Å². The van der Waals surface area contributed by atoms with Crippen LogP contribution in [0.2, 0.25) is 5.02 Å². The number of amides is 2. The van der Waals surface area contributed by atoms with Crippen LogP contribution in [0.5, 0.6) is 0 Å². The SMILES string of the molecule is CN(c1ccccc1Nc1nc(Nc2ccc(N3CCN(CCc4ccc(NC5CCC(=O)NC5=O)cc4)CC3)c(F)c2)ncc1Cl)S(C)(=O)=O. The molecule has 2 saturated heterocycles. The zero-order valence-electron chi connectivity index (χ0n) is 28.2. The van der Waals surface area contributed by atoms with Gasteiger partial charge in [-0.15, -0.1) is 0 Å². The molecule has 0 aliphatic carbocycles. The Labute approximate surface area is 301 Å². The van der Waals surface area contributed by atoms with Gasteiger partial charge in [0.2, 0.25) is 27.8 Å². The highest BCUT2D eigenvalue weighted by molar-refractivity contribution is 7.92. The maximum Gasteiger partial charge on any atom is 0.249 e. The van der Waals surface area contributed by atoms with Crippen LogP contribution in [-0.4, -0.2) is 87.2 Å². The number of nitrogens with zero attached hydrogens (tertiary/aromatic N) is 5. The van der Waals surface area contributed by atoms with E-state index in [1.807, 2.05) is 29.2 Å². The van der Waals surface area contributed by atoms with E-state index in [1.165, 1.54) is 24.9 Å². The molecule has 4 N–H and O–H groups in total. The average molecular weight is 736 g/mol. The predicted molar refractivity (Wildman–Crippen MR) is 198 cm³/mol. The fourth-order valence-electron chi connectivity index (χ4n) is 5.95. The van der Waals surface area contributed by atoms with Gasteiger partial charge < -0.3 is 20.9 Å². The maximum atomic E-state index is 15.4. The summed E-state index contributed by atoms with van der Waals surface area (Å²) in [5.74, 6) is -0.470. The van der Waals surface area contributed by atoms with Gasteiger partial charge in [-0.05, 0) is 60.9 Å². The fourth-order valence-corrected chi connectivity index (χ4v) is 6.60. The van der Waals surface area contributed by atoms with E-state index in [9.17, 15) is 18.0 Å². The number of imide groups is 1. The number of carbonyl (C=O) groups is 2. The number of aromatic nitrogens is 2. The van der Waals surface area contributed by atoms with Gasteiger partial charge in [0, 0.05) is 57.6 Å². The van der Waals surface area contributed by atoms with Crippen LogP contribution in [-0.2, 0) is 26.0 Å². The van der Waals surface area contributed by atoms with Crippen LogP contribution < -0.4 is 30.5 Å². The zero-order valence-corrected chi connectivity index (χ0v) is 29.8. The molecule has 1 aromatic heterocycles. The first kappa shape index (κ1) is 35.8. The quantitative estimate of drug-likeness (QED) is 0.150. The number of halogens is 2. The highest BCUT2D eigenvalue weighted by Gasteiger charge is 2.26. The van der Waals surface area contributed by atoms with E-state index in [1.54, 1.807) is 36.4 Å². The molecular formula is C35H39ClFN9O4S. The summed E-state index contributed by atoms with van der Waals surface area (Å²) in [5.41, 5.74) is 3.88. The highest BCUT2D eigenvalue weighted by atomic mass is 35.5. The van der Waals surface area contributed by atoms with Crippen LogP contribution in [0.1, 0.15) is 18.4 Å². The lowest BCUT2D eigenvalue weighted by atomic mass is 10.1. The van der Waals surface area contributed by atoms with Crippen molar-refractivity contribution in [3.63, 3.8) is 0 Å². The van der Waals surface area contributed by atoms with Crippen LogP contribution in [0.4, 0.5) is 44.6 Å². The van der Waals surface area contributed by atoms with Crippen molar-refractivity contribution >= 4 is 73.6 Å². The van der Waals surface area contributed by atoms with Gasteiger partial charge in [-0.3, -0.25) is 24.1 Å². The lowest BCUT2D eigenvalue weighted by Gasteiger charge is -2.36. The van der Waals surface area contributed by atoms with E-state index in [4.69, 9.17) is 11.6 Å². The summed E-state index contributed by atoms with van der Waals surface area (Å²) in [5, 5.41) is 11.9. The number of sulfonamides is 1. The molecule has 13 nitrogen and oxygen atoms in total. The van der Waals surface area contributed by atoms with Gasteiger partial charge in [0.15, 0.2) is 5.82 Å². The van der Waals surface area contributed by atoms with Crippen molar-refractivity contribution in [3.8, 4) is 0 Å². The number of rotatable bonds is 12. The fraction of sp³-hybridized carbons (Fsp3) is 0.314. The highest BCUT2D eigenvalue weighted by Crippen LogP contribution is 2.32. The van der Waals surface area contributed by atoms with E-state index in [-0.39, 0.29) is 34.4 Å². The van der Waals surface area contributed by atoms with Gasteiger partial charge >= 0.3 is 0 Å². The van der Waals surface area contributed by atoms with Gasteiger partial charge in [0.05, 0.1) is 29.5 Å². The summed E-state index contributed by atoms with van der Waals surface area (Å²) in [6, 6.07) is 19.4. The number of piperazine rings is 1. The van der Waals surface area contributed by atoms with E-state index < -0.39 is 16.1 Å². The summed E-state index contributed by atoms with van der Waals surface area (Å²) in [6.07, 6.45) is 4.20. The predicted octanol–water partition coefficient (Wildman–Crippen LogP) is 4.73. The molecule has 51 heavy (non-hydrogen) atoms. The third kappa shape index (κ3) is 9.03. The third-order valence-electron chi connectivity index (χ3n) is 8.91. The normalized spacial score (nSPS) is 16.8. The van der Waals surface area contributed by atoms with E-state index in [2.05, 4.69) is 36.1 Å². The Balaban J connectivity index is 1.00. The second-order valence-corrected chi connectivity index (χ2v) is 14.9. The monoisotopic (exact) mass is 735 g/mol. The van der Waals surface area contributed by atoms with Crippen molar-refractivity contribution in [2.45, 2.75) is 25.3 Å². The van der Waals surface area contributed by atoms with Gasteiger partial charge in [0.25, 0.3) is 0 Å². The van der Waals surface area contributed by atoms with Crippen molar-refractivity contribution in [3.05, 3.63) is 89.3 Å². The Morgan fingerprint density at radius 3 is 2.43 bits per heavy atom. The van der Waals surface area contributed by atoms with Crippen LogP contribution in [0.25, 0.3) is 0 Å². The minimum atomic E-state index is -3.51. The molecule has 2 aliphatic rings. The second-order valence-electron chi connectivity index (χ2n) is 12.5. The topological polar surface area (TPSA) is 152 Å². The van der Waals surface area contributed by atoms with Crippen LogP contribution in [0, 0.1) is 5.82 Å². The lowest BCUT2D eigenvalue weighted by Crippen LogP contribution is -2.47. The first-order chi connectivity index (χ1) is 24.4. The Morgan fingerprint density at radius 1 is 1.00 bits per heavy atom. The molecule has 0 bridgehead atoms. The van der Waals surface area contributed by atoms with Gasteiger partial charge in [0.1, 0.15) is 16.9 Å². The van der Waals surface area contributed by atoms with Crippen LogP contribution in [0.3, 0.4) is 0 Å². The zero-order chi connectivity index (χ0) is 36.1. The minimum Gasteiger partial charge on any atom is -0.374 e. The molecular weight excluding hydrogens is 697 g/mol. The molecule has 3 aromatic carbocycles. The van der Waals surface area contributed by atoms with Crippen LogP contribution in [0.15, 0.2) is 72.9 Å². The average Bonchev–Trinajstić information content (AvgIpc) is 3.10. The summed E-state index contributed by atoms with van der Waals surface area (Å²) in [7, 11) is -2.06. The number of hydrogen-bond donors (Lipinski definition) is 4. The first-order valence-electron chi connectivity index (χ1n) is 16.5. The molecule has 1 unspecified atom stereocenters. The minimum absolute atomic E-state index is 0.178. The Hall–Kier alpha value is -4.99. The molecule has 1 atom stereocenters. The first-order valence-corrected chi connectivity index (χ1v) is 18.7. The summed E-state index contributed by atoms with van der Waals surface area (Å²) in [4.78, 5) is 36.5. The van der Waals surface area contributed by atoms with Crippen molar-refractivity contribution < 1.29 is 22.4 Å². The Morgan fingerprint density at radius 2 is 1.73 bits per heavy atom. The number of para-hydroxylation sites is 2. The van der Waals surface area contributed by atoms with Crippen LogP contribution >= 0.6 is 11.6 Å². The Kier molecular flexibility index (Phi) is 10.9. The number of carbonyl (C=O) groups excluding carboxylic acids is 2. The molecule has 16 heteroatoms. The summed E-state index contributed by atoms with van der Waals surface area (Å²) in [6.45, 7) is 3.84. The molecule has 6 rings (SSSR count). The number of anilines is 7. The van der Waals surface area contributed by atoms with Crippen molar-refractivity contribution in [1.29, 1.82) is 0 Å². The second kappa shape index (κ2) is 15.5. The molecule has 268 valence electrons. The summed E-state index contributed by atoms with van der Waals surface area (Å²) >= 11 is 6.37. The number of piperidine rings is 1. The van der Waals surface area contributed by atoms with E-state index in [0.29, 0.717) is 48.7 Å². The third-order valence-corrected chi connectivity index (χ3v) is 10.4. The standard InChI is InChI=1S/C35H39ClFN9O4S/c1-44(51(2,49)50)31-6-4-3-5-28(31)41-33-26(36)22-38-35(43-33)40-25-11-13-30(27(37)21-25)46-19-17-45(18-20-46)16-15-23-7-9-24(10-8-23)39-29-12-14-32(47)42-34(29)48/h3-11,13,21-22,29,39H,12,14-20H2,1-2H3,(H,42,47,48)(H2,38,40,41,43). The van der Waals surface area contributed by atoms with Crippen molar-refractivity contribution in [1.82, 2.24) is 20.2 Å². The molecule has 0 spiro atoms. The van der Waals surface area contributed by atoms with Gasteiger partial charge in [-0.2, -0.15) is 4.98 Å². The molecule has 0 radical (unpaired) electrons. The number of hydrogen-bond acceptors (Lipinski definition) is 11. The largest absolute Gasteiger partial charge is 0.374 e. The molecule has 2 fully saturated rings. The van der Waals surface area contributed by atoms with Gasteiger partial charge in [-0.1, -0.05) is 35.9 Å². The summed E-state index contributed by atoms with van der Waals surface area (Å²) < 4.78 is 40.9. The number of benzene rings is 3. The molecule has 4 aromatic rings. The van der Waals surface area contributed by atoms with Crippen molar-refractivity contribution in [2.75, 3.05) is 71.2 Å². The number of nitrogens with one attached hydrogen (secondary N) is 4. The smallest absolute Gasteiger partial charge is 0.249 e. The molecule has 2 aliphatic heterocycles. The van der Waals surface area contributed by atoms with E-state index in [0.717, 1.165) is 42.3 Å². The molecule has 2 amide bonds. The van der Waals surface area contributed by atoms with E-state index >= 15 is 4.39 Å². The Bertz CT molecular complexity index is 2010. The molecule has 3 heterocycles. The molecule has 0 saturated carbocycles.